The van der Waals surface area contributed by atoms with Crippen molar-refractivity contribution in [3.63, 3.8) is 0 Å². The van der Waals surface area contributed by atoms with E-state index in [2.05, 4.69) is 0 Å². The van der Waals surface area contributed by atoms with E-state index >= 15 is 0 Å². The fourth-order valence-electron chi connectivity index (χ4n) is 3.12. The summed E-state index contributed by atoms with van der Waals surface area (Å²) in [5.74, 6) is -0.796. The lowest BCUT2D eigenvalue weighted by molar-refractivity contribution is -0.176. The van der Waals surface area contributed by atoms with Crippen molar-refractivity contribution in [1.29, 1.82) is 0 Å². The van der Waals surface area contributed by atoms with Crippen molar-refractivity contribution in [2.24, 2.45) is 0 Å². The first-order valence-electron chi connectivity index (χ1n) is 5.70. The second-order valence-electron chi connectivity index (χ2n) is 5.22. The van der Waals surface area contributed by atoms with E-state index in [0.29, 0.717) is 12.2 Å². The van der Waals surface area contributed by atoms with E-state index in [9.17, 15) is 4.79 Å². The Morgan fingerprint density at radius 3 is 2.88 bits per heavy atom. The molecule has 0 aromatic carbocycles. The van der Waals surface area contributed by atoms with Gasteiger partial charge in [0.05, 0.1) is 6.10 Å². The van der Waals surface area contributed by atoms with Gasteiger partial charge in [0.15, 0.2) is 11.4 Å². The number of ether oxygens (including phenoxy) is 3. The molecule has 0 N–H and O–H groups in total. The highest BCUT2D eigenvalue weighted by molar-refractivity contribution is 5.90. The molecule has 0 amide bonds. The van der Waals surface area contributed by atoms with Crippen LogP contribution in [0.4, 0.5) is 0 Å². The van der Waals surface area contributed by atoms with E-state index in [1.54, 1.807) is 0 Å². The Bertz CT molecular complexity index is 396. The Morgan fingerprint density at radius 2 is 2.12 bits per heavy atom. The molecule has 2 fully saturated rings. The third-order valence-electron chi connectivity index (χ3n) is 3.72. The summed E-state index contributed by atoms with van der Waals surface area (Å²) in [7, 11) is 0. The topological polar surface area (TPSA) is 44.8 Å². The summed E-state index contributed by atoms with van der Waals surface area (Å²) in [4.78, 5) is 11.5. The summed E-state index contributed by atoms with van der Waals surface area (Å²) < 4.78 is 17.1. The van der Waals surface area contributed by atoms with Gasteiger partial charge in [-0.3, -0.25) is 0 Å². The fraction of sp³-hybridized carbons (Fsp3) is 0.750. The molecule has 3 rings (SSSR count). The first kappa shape index (κ1) is 10.3. The van der Waals surface area contributed by atoms with Gasteiger partial charge in [0.1, 0.15) is 6.61 Å². The maximum absolute atomic E-state index is 11.5. The number of hydrogen-bond donors (Lipinski definition) is 0. The third kappa shape index (κ3) is 1.14. The van der Waals surface area contributed by atoms with Crippen LogP contribution in [0.2, 0.25) is 0 Å². The van der Waals surface area contributed by atoms with Crippen molar-refractivity contribution in [1.82, 2.24) is 0 Å². The van der Waals surface area contributed by atoms with E-state index in [4.69, 9.17) is 14.2 Å². The number of cyclic esters (lactones) is 1. The predicted molar refractivity (Wildman–Crippen MR) is 55.7 cm³/mol. The molecule has 0 bridgehead atoms. The predicted octanol–water partition coefficient (Wildman–Crippen LogP) is 1.54. The quantitative estimate of drug-likeness (QED) is 0.585. The first-order chi connectivity index (χ1) is 7.45. The van der Waals surface area contributed by atoms with Crippen molar-refractivity contribution < 1.29 is 19.0 Å². The number of hydrogen-bond acceptors (Lipinski definition) is 4. The lowest BCUT2D eigenvalue weighted by atomic mass is 9.90. The summed E-state index contributed by atoms with van der Waals surface area (Å²) in [5.41, 5.74) is 1.29. The highest BCUT2D eigenvalue weighted by atomic mass is 16.8. The summed E-state index contributed by atoms with van der Waals surface area (Å²) in [6.07, 6.45) is 1.81. The molecule has 0 aromatic heterocycles. The average molecular weight is 224 g/mol. The molecule has 16 heavy (non-hydrogen) atoms. The molecular formula is C12H16O4. The van der Waals surface area contributed by atoms with Gasteiger partial charge in [-0.05, 0) is 39.2 Å². The second kappa shape index (κ2) is 2.87. The van der Waals surface area contributed by atoms with Crippen LogP contribution in [-0.2, 0) is 19.0 Å². The van der Waals surface area contributed by atoms with E-state index in [-0.39, 0.29) is 12.1 Å². The molecule has 2 atom stereocenters. The number of esters is 1. The zero-order chi connectivity index (χ0) is 11.6. The molecule has 4 nitrogen and oxygen atoms in total. The largest absolute Gasteiger partial charge is 0.459 e. The Balaban J connectivity index is 2.09. The minimum absolute atomic E-state index is 0.0283. The van der Waals surface area contributed by atoms with Gasteiger partial charge >= 0.3 is 5.97 Å². The van der Waals surface area contributed by atoms with Gasteiger partial charge in [0, 0.05) is 5.57 Å². The molecule has 0 radical (unpaired) electrons. The van der Waals surface area contributed by atoms with E-state index < -0.39 is 11.4 Å². The van der Waals surface area contributed by atoms with Crippen LogP contribution in [-0.4, -0.2) is 30.1 Å². The lowest BCUT2D eigenvalue weighted by Gasteiger charge is -2.33. The normalized spacial score (nSPS) is 40.7. The van der Waals surface area contributed by atoms with E-state index in [0.717, 1.165) is 18.4 Å². The van der Waals surface area contributed by atoms with Gasteiger partial charge in [-0.25, -0.2) is 4.79 Å². The zero-order valence-corrected chi connectivity index (χ0v) is 9.83. The molecule has 0 unspecified atom stereocenters. The van der Waals surface area contributed by atoms with Crippen LogP contribution < -0.4 is 0 Å². The van der Waals surface area contributed by atoms with Gasteiger partial charge < -0.3 is 14.2 Å². The molecule has 4 heteroatoms. The zero-order valence-electron chi connectivity index (χ0n) is 9.83. The molecular weight excluding hydrogens is 208 g/mol. The van der Waals surface area contributed by atoms with Gasteiger partial charge in [0.25, 0.3) is 0 Å². The minimum Gasteiger partial charge on any atom is -0.459 e. The molecule has 1 saturated carbocycles. The summed E-state index contributed by atoms with van der Waals surface area (Å²) in [6, 6.07) is 0. The first-order valence-corrected chi connectivity index (χ1v) is 5.70. The SMILES string of the molecule is CC1=C2CC[C@@H]3OC(C)(C)O[C@]23COC1=O. The second-order valence-corrected chi connectivity index (χ2v) is 5.22. The maximum atomic E-state index is 11.5. The maximum Gasteiger partial charge on any atom is 0.333 e. The van der Waals surface area contributed by atoms with Gasteiger partial charge in [-0.1, -0.05) is 0 Å². The summed E-state index contributed by atoms with van der Waals surface area (Å²) >= 11 is 0. The lowest BCUT2D eigenvalue weighted by Crippen LogP contribution is -2.46. The van der Waals surface area contributed by atoms with Crippen LogP contribution in [0.3, 0.4) is 0 Å². The van der Waals surface area contributed by atoms with Crippen LogP contribution in [0.15, 0.2) is 11.1 Å². The molecule has 2 aliphatic heterocycles. The minimum atomic E-state index is -0.583. The van der Waals surface area contributed by atoms with Crippen LogP contribution in [0.5, 0.6) is 0 Å². The van der Waals surface area contributed by atoms with Gasteiger partial charge in [0.2, 0.25) is 0 Å². The van der Waals surface area contributed by atoms with E-state index in [1.165, 1.54) is 0 Å². The van der Waals surface area contributed by atoms with Crippen molar-refractivity contribution in [3.8, 4) is 0 Å². The van der Waals surface area contributed by atoms with Gasteiger partial charge in [-0.2, -0.15) is 0 Å². The average Bonchev–Trinajstić information content (AvgIpc) is 2.62. The third-order valence-corrected chi connectivity index (χ3v) is 3.72. The van der Waals surface area contributed by atoms with Crippen molar-refractivity contribution in [3.05, 3.63) is 11.1 Å². The summed E-state index contributed by atoms with van der Waals surface area (Å²) in [5, 5.41) is 0. The van der Waals surface area contributed by atoms with Crippen molar-refractivity contribution in [2.45, 2.75) is 51.1 Å². The van der Waals surface area contributed by atoms with Crippen LogP contribution in [0.1, 0.15) is 33.6 Å². The number of rotatable bonds is 0. The summed E-state index contributed by atoms with van der Waals surface area (Å²) in [6.45, 7) is 5.93. The molecule has 2 heterocycles. The van der Waals surface area contributed by atoms with Crippen molar-refractivity contribution in [2.75, 3.05) is 6.61 Å². The highest BCUT2D eigenvalue weighted by Gasteiger charge is 2.61. The molecule has 88 valence electrons. The smallest absolute Gasteiger partial charge is 0.333 e. The van der Waals surface area contributed by atoms with Gasteiger partial charge in [-0.15, -0.1) is 0 Å². The van der Waals surface area contributed by atoms with Crippen LogP contribution >= 0.6 is 0 Å². The standard InChI is InChI=1S/C12H16O4/c1-7-8-4-5-9-12(8,6-14-10(7)13)16-11(2,3)15-9/h9H,4-6H2,1-3H3/t9-,12+/m0/s1. The number of carbonyl (C=O) groups excluding carboxylic acids is 1. The van der Waals surface area contributed by atoms with Crippen LogP contribution in [0, 0.1) is 0 Å². The molecule has 3 aliphatic rings. The van der Waals surface area contributed by atoms with Crippen LogP contribution in [0.25, 0.3) is 0 Å². The van der Waals surface area contributed by atoms with Crippen molar-refractivity contribution >= 4 is 5.97 Å². The Kier molecular flexibility index (Phi) is 1.85. The monoisotopic (exact) mass is 224 g/mol. The molecule has 1 aliphatic carbocycles. The highest BCUT2D eigenvalue weighted by Crippen LogP contribution is 2.52. The molecule has 1 spiro atoms. The number of carbonyl (C=O) groups is 1. The fourth-order valence-corrected chi connectivity index (χ4v) is 3.12. The molecule has 0 aromatic rings. The Hall–Kier alpha value is -0.870. The molecule has 1 saturated heterocycles. The Labute approximate surface area is 94.5 Å². The Morgan fingerprint density at radius 1 is 1.38 bits per heavy atom. The van der Waals surface area contributed by atoms with E-state index in [1.807, 2.05) is 20.8 Å².